The zero-order chi connectivity index (χ0) is 15.8. The summed E-state index contributed by atoms with van der Waals surface area (Å²) >= 11 is 6.02. The fraction of sp³-hybridized carbons (Fsp3) is 0.368. The largest absolute Gasteiger partial charge is 0.305 e. The van der Waals surface area contributed by atoms with Gasteiger partial charge in [-0.25, -0.2) is 0 Å². The maximum Gasteiger partial charge on any atom is 0.0577 e. The van der Waals surface area contributed by atoms with Crippen molar-refractivity contribution in [2.24, 2.45) is 0 Å². The molecule has 2 nitrogen and oxygen atoms in total. The van der Waals surface area contributed by atoms with Gasteiger partial charge < -0.3 is 10.2 Å². The van der Waals surface area contributed by atoms with Gasteiger partial charge in [-0.3, -0.25) is 0 Å². The van der Waals surface area contributed by atoms with Crippen LogP contribution < -0.4 is 5.32 Å². The molecule has 1 atom stereocenters. The van der Waals surface area contributed by atoms with Gasteiger partial charge in [0.1, 0.15) is 0 Å². The van der Waals surface area contributed by atoms with Crippen molar-refractivity contribution in [2.45, 2.75) is 19.9 Å². The summed E-state index contributed by atoms with van der Waals surface area (Å²) in [6, 6.07) is 18.9. The number of halogens is 1. The van der Waals surface area contributed by atoms with E-state index in [2.05, 4.69) is 66.5 Å². The van der Waals surface area contributed by atoms with Gasteiger partial charge in [0.2, 0.25) is 0 Å². The van der Waals surface area contributed by atoms with E-state index < -0.39 is 0 Å². The topological polar surface area (TPSA) is 15.3 Å². The predicted octanol–water partition coefficient (Wildman–Crippen LogP) is 4.36. The molecule has 0 aliphatic heterocycles. The molecule has 0 saturated heterocycles. The molecule has 0 fully saturated rings. The summed E-state index contributed by atoms with van der Waals surface area (Å²) in [4.78, 5) is 2.43. The lowest BCUT2D eigenvalue weighted by molar-refractivity contribution is 0.299. The summed E-state index contributed by atoms with van der Waals surface area (Å²) in [5.74, 6) is 0. The molecule has 0 amide bonds. The minimum Gasteiger partial charge on any atom is -0.305 e. The van der Waals surface area contributed by atoms with E-state index >= 15 is 0 Å². The Morgan fingerprint density at radius 2 is 1.50 bits per heavy atom. The van der Waals surface area contributed by atoms with Crippen LogP contribution in [0.3, 0.4) is 0 Å². The van der Waals surface area contributed by atoms with Gasteiger partial charge in [-0.2, -0.15) is 0 Å². The lowest BCUT2D eigenvalue weighted by Crippen LogP contribution is -2.34. The van der Waals surface area contributed by atoms with E-state index in [4.69, 9.17) is 11.6 Å². The van der Waals surface area contributed by atoms with E-state index in [1.165, 1.54) is 11.1 Å². The van der Waals surface area contributed by atoms with Gasteiger partial charge in [0, 0.05) is 18.1 Å². The van der Waals surface area contributed by atoms with Crippen LogP contribution in [0.25, 0.3) is 0 Å². The third kappa shape index (κ3) is 4.84. The monoisotopic (exact) mass is 316 g/mol. The lowest BCUT2D eigenvalue weighted by atomic mass is 9.99. The fourth-order valence-electron chi connectivity index (χ4n) is 2.64. The Morgan fingerprint density at radius 1 is 0.909 bits per heavy atom. The Bertz CT molecular complexity index is 535. The summed E-state index contributed by atoms with van der Waals surface area (Å²) in [5.41, 5.74) is 2.53. The number of nitrogens with zero attached hydrogens (tertiary/aromatic N) is 1. The molecule has 0 saturated carbocycles. The molecule has 0 aromatic heterocycles. The van der Waals surface area contributed by atoms with Crippen LogP contribution in [0.5, 0.6) is 0 Å². The molecule has 0 heterocycles. The molecule has 0 spiro atoms. The van der Waals surface area contributed by atoms with Gasteiger partial charge in [0.25, 0.3) is 0 Å². The van der Waals surface area contributed by atoms with Crippen LogP contribution >= 0.6 is 11.6 Å². The van der Waals surface area contributed by atoms with E-state index in [9.17, 15) is 0 Å². The number of hydrogen-bond acceptors (Lipinski definition) is 2. The molecule has 2 aromatic carbocycles. The van der Waals surface area contributed by atoms with Crippen molar-refractivity contribution in [1.29, 1.82) is 0 Å². The van der Waals surface area contributed by atoms with Crippen LogP contribution in [-0.4, -0.2) is 31.1 Å². The second-order valence-electron chi connectivity index (χ2n) is 5.38. The van der Waals surface area contributed by atoms with E-state index in [-0.39, 0.29) is 6.04 Å². The average Bonchev–Trinajstić information content (AvgIpc) is 2.57. The van der Waals surface area contributed by atoms with Gasteiger partial charge in [-0.15, -0.1) is 0 Å². The van der Waals surface area contributed by atoms with Crippen molar-refractivity contribution < 1.29 is 0 Å². The van der Waals surface area contributed by atoms with Crippen LogP contribution in [0.4, 0.5) is 0 Å². The normalized spacial score (nSPS) is 12.5. The molecule has 2 aromatic rings. The van der Waals surface area contributed by atoms with Gasteiger partial charge >= 0.3 is 0 Å². The van der Waals surface area contributed by atoms with Gasteiger partial charge in [0.05, 0.1) is 6.04 Å². The highest BCUT2D eigenvalue weighted by Gasteiger charge is 2.13. The van der Waals surface area contributed by atoms with Crippen LogP contribution in [0.1, 0.15) is 31.0 Å². The van der Waals surface area contributed by atoms with Gasteiger partial charge in [-0.05, 0) is 36.3 Å². The SMILES string of the molecule is CCN(CC)CCN[C@H](c1ccccc1)c1ccc(Cl)cc1. The fourth-order valence-corrected chi connectivity index (χ4v) is 2.76. The summed E-state index contributed by atoms with van der Waals surface area (Å²) in [6.07, 6.45) is 0. The maximum atomic E-state index is 6.02. The Labute approximate surface area is 139 Å². The molecular formula is C19H25ClN2. The third-order valence-corrected chi connectivity index (χ3v) is 4.26. The number of nitrogens with one attached hydrogen (secondary N) is 1. The minimum absolute atomic E-state index is 0.203. The first-order valence-electron chi connectivity index (χ1n) is 8.00. The van der Waals surface area contributed by atoms with Crippen molar-refractivity contribution in [3.05, 3.63) is 70.7 Å². The van der Waals surface area contributed by atoms with Crippen molar-refractivity contribution in [2.75, 3.05) is 26.2 Å². The van der Waals surface area contributed by atoms with E-state index in [1.807, 2.05) is 12.1 Å². The quantitative estimate of drug-likeness (QED) is 0.778. The van der Waals surface area contributed by atoms with Gasteiger partial charge in [-0.1, -0.05) is 67.9 Å². The standard InChI is InChI=1S/C19H25ClN2/c1-3-22(4-2)15-14-21-19(16-8-6-5-7-9-16)17-10-12-18(20)13-11-17/h5-13,19,21H,3-4,14-15H2,1-2H3/t19-/m1/s1. The van der Waals surface area contributed by atoms with Crippen molar-refractivity contribution in [3.8, 4) is 0 Å². The molecular weight excluding hydrogens is 292 g/mol. The van der Waals surface area contributed by atoms with E-state index in [0.29, 0.717) is 0 Å². The Balaban J connectivity index is 2.10. The summed E-state index contributed by atoms with van der Waals surface area (Å²) < 4.78 is 0. The summed E-state index contributed by atoms with van der Waals surface area (Å²) in [6.45, 7) is 8.62. The number of rotatable bonds is 8. The Morgan fingerprint density at radius 3 is 2.09 bits per heavy atom. The molecule has 0 bridgehead atoms. The molecule has 0 radical (unpaired) electrons. The molecule has 22 heavy (non-hydrogen) atoms. The molecule has 2 rings (SSSR count). The number of benzene rings is 2. The van der Waals surface area contributed by atoms with Crippen molar-refractivity contribution >= 4 is 11.6 Å². The molecule has 0 aliphatic rings. The smallest absolute Gasteiger partial charge is 0.0577 e. The highest BCUT2D eigenvalue weighted by Crippen LogP contribution is 2.23. The maximum absolute atomic E-state index is 6.02. The highest BCUT2D eigenvalue weighted by atomic mass is 35.5. The van der Waals surface area contributed by atoms with Crippen molar-refractivity contribution in [3.63, 3.8) is 0 Å². The number of hydrogen-bond donors (Lipinski definition) is 1. The zero-order valence-electron chi connectivity index (χ0n) is 13.4. The molecule has 3 heteroatoms. The first-order chi connectivity index (χ1) is 10.7. The van der Waals surface area contributed by atoms with Crippen LogP contribution in [0.2, 0.25) is 5.02 Å². The molecule has 1 N–H and O–H groups in total. The van der Waals surface area contributed by atoms with Gasteiger partial charge in [0.15, 0.2) is 0 Å². The average molecular weight is 317 g/mol. The molecule has 0 aliphatic carbocycles. The second kappa shape index (κ2) is 8.94. The highest BCUT2D eigenvalue weighted by molar-refractivity contribution is 6.30. The molecule has 118 valence electrons. The van der Waals surface area contributed by atoms with E-state index in [1.54, 1.807) is 0 Å². The van der Waals surface area contributed by atoms with Crippen LogP contribution in [0.15, 0.2) is 54.6 Å². The molecule has 0 unspecified atom stereocenters. The first kappa shape index (κ1) is 17.0. The summed E-state index contributed by atoms with van der Waals surface area (Å²) in [5, 5.41) is 4.46. The Hall–Kier alpha value is -1.35. The second-order valence-corrected chi connectivity index (χ2v) is 5.81. The first-order valence-corrected chi connectivity index (χ1v) is 8.38. The minimum atomic E-state index is 0.203. The lowest BCUT2D eigenvalue weighted by Gasteiger charge is -2.23. The third-order valence-electron chi connectivity index (χ3n) is 4.01. The van der Waals surface area contributed by atoms with E-state index in [0.717, 1.165) is 31.2 Å². The van der Waals surface area contributed by atoms with Crippen LogP contribution in [0, 0.1) is 0 Å². The van der Waals surface area contributed by atoms with Crippen molar-refractivity contribution in [1.82, 2.24) is 10.2 Å². The van der Waals surface area contributed by atoms with Crippen LogP contribution in [-0.2, 0) is 0 Å². The Kier molecular flexibility index (Phi) is 6.91. The predicted molar refractivity (Wildman–Crippen MR) is 95.5 cm³/mol. The zero-order valence-corrected chi connectivity index (χ0v) is 14.2. The number of likely N-dealkylation sites (N-methyl/N-ethyl adjacent to an activating group) is 1. The summed E-state index contributed by atoms with van der Waals surface area (Å²) in [7, 11) is 0.